The van der Waals surface area contributed by atoms with Crippen molar-refractivity contribution in [3.05, 3.63) is 12.7 Å². The molecule has 0 fully saturated rings. The highest BCUT2D eigenvalue weighted by Gasteiger charge is 2.33. The Balaban J connectivity index is 4.97. The monoisotopic (exact) mass is 241 g/mol. The van der Waals surface area contributed by atoms with Crippen molar-refractivity contribution in [2.24, 2.45) is 11.8 Å². The molecule has 4 heteroatoms. The SMILES string of the molecule is C=CCN(C(=O)C(C)C(C)C(=O)O)C(C)(C)C. The van der Waals surface area contributed by atoms with E-state index < -0.39 is 17.8 Å². The first-order chi connectivity index (χ1) is 7.62. The molecular weight excluding hydrogens is 218 g/mol. The first-order valence-electron chi connectivity index (χ1n) is 5.78. The summed E-state index contributed by atoms with van der Waals surface area (Å²) in [6, 6.07) is 0. The fourth-order valence-corrected chi connectivity index (χ4v) is 1.50. The molecule has 0 radical (unpaired) electrons. The van der Waals surface area contributed by atoms with E-state index >= 15 is 0 Å². The van der Waals surface area contributed by atoms with Crippen molar-refractivity contribution in [2.75, 3.05) is 6.54 Å². The summed E-state index contributed by atoms with van der Waals surface area (Å²) in [5.41, 5.74) is -0.336. The van der Waals surface area contributed by atoms with Gasteiger partial charge in [-0.1, -0.05) is 19.9 Å². The van der Waals surface area contributed by atoms with Gasteiger partial charge in [0.1, 0.15) is 0 Å². The van der Waals surface area contributed by atoms with E-state index in [0.717, 1.165) is 0 Å². The van der Waals surface area contributed by atoms with E-state index in [1.54, 1.807) is 24.8 Å². The zero-order valence-electron chi connectivity index (χ0n) is 11.4. The van der Waals surface area contributed by atoms with E-state index in [4.69, 9.17) is 5.11 Å². The summed E-state index contributed by atoms with van der Waals surface area (Å²) in [5, 5.41) is 8.92. The third-order valence-electron chi connectivity index (χ3n) is 2.92. The predicted molar refractivity (Wildman–Crippen MR) is 67.6 cm³/mol. The van der Waals surface area contributed by atoms with Crippen molar-refractivity contribution in [1.29, 1.82) is 0 Å². The van der Waals surface area contributed by atoms with Crippen LogP contribution in [-0.4, -0.2) is 34.0 Å². The topological polar surface area (TPSA) is 57.6 Å². The molecule has 0 spiro atoms. The molecule has 17 heavy (non-hydrogen) atoms. The number of aliphatic carboxylic acids is 1. The molecule has 0 bridgehead atoms. The molecule has 2 atom stereocenters. The van der Waals surface area contributed by atoms with Crippen LogP contribution < -0.4 is 0 Å². The van der Waals surface area contributed by atoms with Crippen LogP contribution in [0.15, 0.2) is 12.7 Å². The molecule has 1 N–H and O–H groups in total. The molecule has 0 aliphatic rings. The number of carboxylic acids is 1. The summed E-state index contributed by atoms with van der Waals surface area (Å²) in [7, 11) is 0. The number of hydrogen-bond donors (Lipinski definition) is 1. The lowest BCUT2D eigenvalue weighted by atomic mass is 9.92. The van der Waals surface area contributed by atoms with E-state index in [-0.39, 0.29) is 11.4 Å². The molecular formula is C13H23NO3. The van der Waals surface area contributed by atoms with Crippen LogP contribution >= 0.6 is 0 Å². The molecule has 98 valence electrons. The van der Waals surface area contributed by atoms with Crippen molar-refractivity contribution in [1.82, 2.24) is 4.90 Å². The molecule has 0 aromatic carbocycles. The smallest absolute Gasteiger partial charge is 0.307 e. The van der Waals surface area contributed by atoms with Crippen molar-refractivity contribution in [3.8, 4) is 0 Å². The Labute approximate surface area is 103 Å². The van der Waals surface area contributed by atoms with Crippen LogP contribution in [0.2, 0.25) is 0 Å². The van der Waals surface area contributed by atoms with Crippen molar-refractivity contribution in [2.45, 2.75) is 40.2 Å². The zero-order valence-corrected chi connectivity index (χ0v) is 11.4. The van der Waals surface area contributed by atoms with Gasteiger partial charge in [-0.2, -0.15) is 0 Å². The molecule has 0 aliphatic heterocycles. The second-order valence-corrected chi connectivity index (χ2v) is 5.32. The molecule has 2 unspecified atom stereocenters. The average Bonchev–Trinajstić information content (AvgIpc) is 2.21. The highest BCUT2D eigenvalue weighted by molar-refractivity contribution is 5.84. The van der Waals surface area contributed by atoms with E-state index in [1.165, 1.54) is 0 Å². The lowest BCUT2D eigenvalue weighted by Crippen LogP contribution is -2.49. The summed E-state index contributed by atoms with van der Waals surface area (Å²) < 4.78 is 0. The Kier molecular flexibility index (Phi) is 5.39. The predicted octanol–water partition coefficient (Wildman–Crippen LogP) is 2.16. The van der Waals surface area contributed by atoms with Crippen LogP contribution in [0.4, 0.5) is 0 Å². The number of carbonyl (C=O) groups is 2. The first kappa shape index (κ1) is 15.7. The van der Waals surface area contributed by atoms with Gasteiger partial charge in [-0.25, -0.2) is 0 Å². The van der Waals surface area contributed by atoms with Gasteiger partial charge in [0.15, 0.2) is 0 Å². The minimum absolute atomic E-state index is 0.146. The van der Waals surface area contributed by atoms with Crippen molar-refractivity contribution >= 4 is 11.9 Å². The van der Waals surface area contributed by atoms with Crippen LogP contribution in [0.25, 0.3) is 0 Å². The van der Waals surface area contributed by atoms with E-state index in [9.17, 15) is 9.59 Å². The van der Waals surface area contributed by atoms with Gasteiger partial charge in [0, 0.05) is 18.0 Å². The number of carbonyl (C=O) groups excluding carboxylic acids is 1. The molecule has 0 rings (SSSR count). The van der Waals surface area contributed by atoms with E-state index in [1.807, 2.05) is 20.8 Å². The molecule has 0 heterocycles. The van der Waals surface area contributed by atoms with Crippen LogP contribution in [-0.2, 0) is 9.59 Å². The average molecular weight is 241 g/mol. The summed E-state index contributed by atoms with van der Waals surface area (Å²) in [6.07, 6.45) is 1.65. The minimum atomic E-state index is -0.946. The third-order valence-corrected chi connectivity index (χ3v) is 2.92. The third kappa shape index (κ3) is 4.21. The standard InChI is InChI=1S/C13H23NO3/c1-7-8-14(13(4,5)6)11(15)9(2)10(3)12(16)17/h7,9-10H,1,8H2,2-6H3,(H,16,17). The lowest BCUT2D eigenvalue weighted by molar-refractivity contribution is -0.151. The number of carboxylic acid groups (broad SMARTS) is 1. The van der Waals surface area contributed by atoms with Gasteiger partial charge in [-0.3, -0.25) is 9.59 Å². The van der Waals surface area contributed by atoms with Crippen LogP contribution in [0, 0.1) is 11.8 Å². The largest absolute Gasteiger partial charge is 0.481 e. The second kappa shape index (κ2) is 5.84. The zero-order chi connectivity index (χ0) is 13.8. The van der Waals surface area contributed by atoms with Gasteiger partial charge in [0.25, 0.3) is 0 Å². The first-order valence-corrected chi connectivity index (χ1v) is 5.78. The molecule has 0 aromatic rings. The van der Waals surface area contributed by atoms with Gasteiger partial charge in [0.2, 0.25) is 5.91 Å². The summed E-state index contributed by atoms with van der Waals surface area (Å²) in [4.78, 5) is 24.8. The maximum Gasteiger partial charge on any atom is 0.307 e. The van der Waals surface area contributed by atoms with Gasteiger partial charge >= 0.3 is 5.97 Å². The second-order valence-electron chi connectivity index (χ2n) is 5.32. The fourth-order valence-electron chi connectivity index (χ4n) is 1.50. The Bertz CT molecular complexity index is 304. The maximum absolute atomic E-state index is 12.2. The Morgan fingerprint density at radius 3 is 2.06 bits per heavy atom. The van der Waals surface area contributed by atoms with Crippen LogP contribution in [0.3, 0.4) is 0 Å². The van der Waals surface area contributed by atoms with Gasteiger partial charge in [-0.15, -0.1) is 6.58 Å². The normalized spacial score (nSPS) is 14.9. The maximum atomic E-state index is 12.2. The van der Waals surface area contributed by atoms with Crippen molar-refractivity contribution in [3.63, 3.8) is 0 Å². The number of nitrogens with zero attached hydrogens (tertiary/aromatic N) is 1. The van der Waals surface area contributed by atoms with Gasteiger partial charge in [0.05, 0.1) is 5.92 Å². The lowest BCUT2D eigenvalue weighted by Gasteiger charge is -2.37. The summed E-state index contributed by atoms with van der Waals surface area (Å²) in [5.74, 6) is -2.31. The van der Waals surface area contributed by atoms with Crippen molar-refractivity contribution < 1.29 is 14.7 Å². The number of hydrogen-bond acceptors (Lipinski definition) is 2. The fraction of sp³-hybridized carbons (Fsp3) is 0.692. The molecule has 0 aromatic heterocycles. The quantitative estimate of drug-likeness (QED) is 0.750. The molecule has 0 saturated heterocycles. The highest BCUT2D eigenvalue weighted by atomic mass is 16.4. The Hall–Kier alpha value is -1.32. The Morgan fingerprint density at radius 2 is 1.76 bits per heavy atom. The highest BCUT2D eigenvalue weighted by Crippen LogP contribution is 2.21. The minimum Gasteiger partial charge on any atom is -0.481 e. The summed E-state index contributed by atoms with van der Waals surface area (Å²) >= 11 is 0. The van der Waals surface area contributed by atoms with E-state index in [0.29, 0.717) is 6.54 Å². The van der Waals surface area contributed by atoms with Crippen LogP contribution in [0.5, 0.6) is 0 Å². The van der Waals surface area contributed by atoms with Crippen LogP contribution in [0.1, 0.15) is 34.6 Å². The van der Waals surface area contributed by atoms with Gasteiger partial charge < -0.3 is 10.0 Å². The van der Waals surface area contributed by atoms with Gasteiger partial charge in [-0.05, 0) is 20.8 Å². The molecule has 0 aliphatic carbocycles. The molecule has 0 saturated carbocycles. The molecule has 1 amide bonds. The summed E-state index contributed by atoms with van der Waals surface area (Å²) in [6.45, 7) is 13.0. The van der Waals surface area contributed by atoms with E-state index in [2.05, 4.69) is 6.58 Å². The Morgan fingerprint density at radius 1 is 1.29 bits per heavy atom. The molecule has 4 nitrogen and oxygen atoms in total. The number of rotatable bonds is 5. The number of amides is 1.